The van der Waals surface area contributed by atoms with E-state index in [9.17, 15) is 0 Å². The van der Waals surface area contributed by atoms with E-state index in [-0.39, 0.29) is 24.8 Å². The van der Waals surface area contributed by atoms with Crippen molar-refractivity contribution in [1.29, 1.82) is 0 Å². The Balaban J connectivity index is 0.000000980. The lowest BCUT2D eigenvalue weighted by Crippen LogP contribution is -2.07. The van der Waals surface area contributed by atoms with Crippen molar-refractivity contribution in [2.45, 2.75) is 6.42 Å². The first-order valence-electron chi connectivity index (χ1n) is 4.74. The van der Waals surface area contributed by atoms with Crippen LogP contribution in [-0.2, 0) is 0 Å². The minimum absolute atomic E-state index is 0. The van der Waals surface area contributed by atoms with Crippen LogP contribution in [0.5, 0.6) is 0 Å². The molecule has 2 rings (SSSR count). The maximum absolute atomic E-state index is 4.06. The number of hydrogen-bond acceptors (Lipinski definition) is 2. The van der Waals surface area contributed by atoms with Crippen LogP contribution in [0.1, 0.15) is 12.0 Å². The second kappa shape index (κ2) is 7.69. The molecule has 15 heavy (non-hydrogen) atoms. The van der Waals surface area contributed by atoms with Crippen LogP contribution >= 0.6 is 24.8 Å². The Morgan fingerprint density at radius 1 is 1.40 bits per heavy atom. The second-order valence-corrected chi connectivity index (χ2v) is 3.40. The minimum Gasteiger partial charge on any atom is -0.316 e. The fourth-order valence-electron chi connectivity index (χ4n) is 1.56. The molecule has 1 N–H and O–H groups in total. The molecule has 0 aliphatic carbocycles. The Kier molecular flexibility index (Phi) is 7.39. The third kappa shape index (κ3) is 4.65. The Morgan fingerprint density at radius 3 is 2.87 bits per heavy atom. The lowest BCUT2D eigenvalue weighted by Gasteiger charge is -1.98. The molecule has 4 heteroatoms. The van der Waals surface area contributed by atoms with Crippen LogP contribution < -0.4 is 5.32 Å². The lowest BCUT2D eigenvalue weighted by atomic mass is 10.1. The first-order chi connectivity index (χ1) is 6.45. The van der Waals surface area contributed by atoms with Gasteiger partial charge in [0.1, 0.15) is 0 Å². The first kappa shape index (κ1) is 14.4. The largest absolute Gasteiger partial charge is 0.316 e. The van der Waals surface area contributed by atoms with Gasteiger partial charge in [0.2, 0.25) is 0 Å². The molecule has 1 aliphatic rings. The number of hydrogen-bond donors (Lipinski definition) is 1. The molecular weight excluding hydrogens is 231 g/mol. The summed E-state index contributed by atoms with van der Waals surface area (Å²) in [5.41, 5.74) is 1.19. The Labute approximate surface area is 103 Å². The Hall–Kier alpha value is -0.570. The highest BCUT2D eigenvalue weighted by Gasteiger charge is 2.09. The number of halogens is 2. The quantitative estimate of drug-likeness (QED) is 0.868. The van der Waals surface area contributed by atoms with E-state index in [0.29, 0.717) is 5.92 Å². The molecule has 2 nitrogen and oxygen atoms in total. The van der Waals surface area contributed by atoms with Crippen molar-refractivity contribution in [3.63, 3.8) is 0 Å². The standard InChI is InChI=1S/C11H14N2.2ClH/c1-2-10(8-12-6-1)3-4-11-5-7-13-9-11;;/h1-4,6,8,11,13H,5,7,9H2;2*1H/b4-3+;;. The van der Waals surface area contributed by atoms with Gasteiger partial charge in [-0.1, -0.05) is 18.2 Å². The molecule has 1 unspecified atom stereocenters. The number of pyridine rings is 1. The van der Waals surface area contributed by atoms with Crippen molar-refractivity contribution in [2.75, 3.05) is 13.1 Å². The monoisotopic (exact) mass is 246 g/mol. The average Bonchev–Trinajstić information content (AvgIpc) is 2.69. The third-order valence-corrected chi connectivity index (χ3v) is 2.34. The zero-order chi connectivity index (χ0) is 8.93. The van der Waals surface area contributed by atoms with E-state index < -0.39 is 0 Å². The smallest absolute Gasteiger partial charge is 0.0340 e. The number of aromatic nitrogens is 1. The van der Waals surface area contributed by atoms with E-state index in [0.717, 1.165) is 13.1 Å². The molecule has 2 heterocycles. The summed E-state index contributed by atoms with van der Waals surface area (Å²) < 4.78 is 0. The zero-order valence-electron chi connectivity index (χ0n) is 8.43. The summed E-state index contributed by atoms with van der Waals surface area (Å²) in [7, 11) is 0. The third-order valence-electron chi connectivity index (χ3n) is 2.34. The topological polar surface area (TPSA) is 24.9 Å². The van der Waals surface area contributed by atoms with Crippen molar-refractivity contribution >= 4 is 30.9 Å². The number of nitrogens with one attached hydrogen (secondary N) is 1. The number of rotatable bonds is 2. The molecule has 0 spiro atoms. The Morgan fingerprint density at radius 2 is 2.27 bits per heavy atom. The minimum atomic E-state index is 0. The van der Waals surface area contributed by atoms with Gasteiger partial charge in [0, 0.05) is 18.9 Å². The summed E-state index contributed by atoms with van der Waals surface area (Å²) in [5.74, 6) is 0.709. The van der Waals surface area contributed by atoms with E-state index in [2.05, 4.69) is 28.5 Å². The summed E-state index contributed by atoms with van der Waals surface area (Å²) in [4.78, 5) is 4.06. The van der Waals surface area contributed by atoms with Gasteiger partial charge in [0.25, 0.3) is 0 Å². The van der Waals surface area contributed by atoms with Crippen LogP contribution in [0.25, 0.3) is 6.08 Å². The van der Waals surface area contributed by atoms with Crippen molar-refractivity contribution < 1.29 is 0 Å². The fourth-order valence-corrected chi connectivity index (χ4v) is 1.56. The highest BCUT2D eigenvalue weighted by Crippen LogP contribution is 2.11. The molecule has 1 aliphatic heterocycles. The van der Waals surface area contributed by atoms with Crippen molar-refractivity contribution in [1.82, 2.24) is 10.3 Å². The van der Waals surface area contributed by atoms with Crippen molar-refractivity contribution in [3.8, 4) is 0 Å². The van der Waals surface area contributed by atoms with E-state index in [1.807, 2.05) is 12.3 Å². The molecule has 0 bridgehead atoms. The van der Waals surface area contributed by atoms with E-state index >= 15 is 0 Å². The molecule has 1 atom stereocenters. The van der Waals surface area contributed by atoms with Gasteiger partial charge < -0.3 is 5.32 Å². The second-order valence-electron chi connectivity index (χ2n) is 3.40. The molecule has 1 aromatic rings. The predicted molar refractivity (Wildman–Crippen MR) is 68.7 cm³/mol. The molecule has 1 aromatic heterocycles. The van der Waals surface area contributed by atoms with Crippen molar-refractivity contribution in [2.24, 2.45) is 5.92 Å². The van der Waals surface area contributed by atoms with Gasteiger partial charge >= 0.3 is 0 Å². The molecule has 0 radical (unpaired) electrons. The lowest BCUT2D eigenvalue weighted by molar-refractivity contribution is 0.731. The van der Waals surface area contributed by atoms with Gasteiger partial charge in [-0.25, -0.2) is 0 Å². The summed E-state index contributed by atoms with van der Waals surface area (Å²) in [6.07, 6.45) is 9.38. The predicted octanol–water partition coefficient (Wildman–Crippen LogP) is 2.55. The van der Waals surface area contributed by atoms with Crippen LogP contribution in [0.3, 0.4) is 0 Å². The van der Waals surface area contributed by atoms with E-state index in [1.54, 1.807) is 6.20 Å². The maximum atomic E-state index is 4.06. The molecule has 0 saturated carbocycles. The molecule has 0 amide bonds. The van der Waals surface area contributed by atoms with Crippen molar-refractivity contribution in [3.05, 3.63) is 36.2 Å². The summed E-state index contributed by atoms with van der Waals surface area (Å²) >= 11 is 0. The van der Waals surface area contributed by atoms with Gasteiger partial charge in [-0.3, -0.25) is 4.98 Å². The SMILES string of the molecule is C(=C\C1CCNC1)/c1cccnc1.Cl.Cl. The summed E-state index contributed by atoms with van der Waals surface area (Å²) in [6, 6.07) is 4.04. The van der Waals surface area contributed by atoms with Crippen LogP contribution in [0.4, 0.5) is 0 Å². The van der Waals surface area contributed by atoms with Gasteiger partial charge in [-0.05, 0) is 30.5 Å². The van der Waals surface area contributed by atoms with Crippen LogP contribution in [0.15, 0.2) is 30.6 Å². The van der Waals surface area contributed by atoms with Gasteiger partial charge in [-0.2, -0.15) is 0 Å². The van der Waals surface area contributed by atoms with Crippen LogP contribution in [0.2, 0.25) is 0 Å². The van der Waals surface area contributed by atoms with Gasteiger partial charge in [0.15, 0.2) is 0 Å². The van der Waals surface area contributed by atoms with Crippen LogP contribution in [-0.4, -0.2) is 18.1 Å². The highest BCUT2D eigenvalue weighted by molar-refractivity contribution is 5.85. The zero-order valence-corrected chi connectivity index (χ0v) is 10.1. The molecular formula is C11H16Cl2N2. The molecule has 1 saturated heterocycles. The van der Waals surface area contributed by atoms with E-state index in [4.69, 9.17) is 0 Å². The van der Waals surface area contributed by atoms with Gasteiger partial charge in [0.05, 0.1) is 0 Å². The fraction of sp³-hybridized carbons (Fsp3) is 0.364. The molecule has 84 valence electrons. The number of nitrogens with zero attached hydrogens (tertiary/aromatic N) is 1. The highest BCUT2D eigenvalue weighted by atomic mass is 35.5. The van der Waals surface area contributed by atoms with Gasteiger partial charge in [-0.15, -0.1) is 24.8 Å². The summed E-state index contributed by atoms with van der Waals surface area (Å²) in [5, 5.41) is 3.34. The summed E-state index contributed by atoms with van der Waals surface area (Å²) in [6.45, 7) is 2.28. The first-order valence-corrected chi connectivity index (χ1v) is 4.74. The normalized spacial score (nSPS) is 19.6. The molecule has 1 fully saturated rings. The van der Waals surface area contributed by atoms with Crippen LogP contribution in [0, 0.1) is 5.92 Å². The average molecular weight is 247 g/mol. The van der Waals surface area contributed by atoms with E-state index in [1.165, 1.54) is 12.0 Å². The Bertz CT molecular complexity index is 282. The maximum Gasteiger partial charge on any atom is 0.0340 e. The molecule has 0 aromatic carbocycles.